The molecule has 0 unspecified atom stereocenters. The van der Waals surface area contributed by atoms with Crippen molar-refractivity contribution in [2.24, 2.45) is 0 Å². The normalized spacial score (nSPS) is 10.6. The summed E-state index contributed by atoms with van der Waals surface area (Å²) in [7, 11) is 0. The highest BCUT2D eigenvalue weighted by atomic mass is 79.9. The zero-order valence-corrected chi connectivity index (χ0v) is 14.1. The zero-order chi connectivity index (χ0) is 14.5. The summed E-state index contributed by atoms with van der Waals surface area (Å²) in [6.07, 6.45) is 1.19. The average molecular weight is 374 g/mol. The second kappa shape index (κ2) is 7.20. The van der Waals surface area contributed by atoms with Crippen LogP contribution in [0.15, 0.2) is 28.7 Å². The predicted octanol–water partition coefficient (Wildman–Crippen LogP) is 4.70. The first kappa shape index (κ1) is 15.5. The molecule has 1 amide bonds. The van der Waals surface area contributed by atoms with E-state index in [1.165, 1.54) is 11.3 Å². The number of anilines is 1. The van der Waals surface area contributed by atoms with Crippen LogP contribution >= 0.6 is 38.9 Å². The van der Waals surface area contributed by atoms with Crippen LogP contribution in [-0.2, 0) is 11.2 Å². The van der Waals surface area contributed by atoms with E-state index in [9.17, 15) is 4.79 Å². The molecule has 0 bridgehead atoms. The molecule has 6 heteroatoms. The first-order valence-electron chi connectivity index (χ1n) is 6.25. The average Bonchev–Trinajstić information content (AvgIpc) is 2.82. The van der Waals surface area contributed by atoms with Gasteiger partial charge < -0.3 is 5.32 Å². The molecule has 0 aliphatic carbocycles. The number of nitrogens with zero attached hydrogens (tertiary/aromatic N) is 1. The molecular formula is C14H14BrClN2OS. The van der Waals surface area contributed by atoms with Crippen LogP contribution in [0.3, 0.4) is 0 Å². The predicted molar refractivity (Wildman–Crippen MR) is 88.6 cm³/mol. The van der Waals surface area contributed by atoms with Gasteiger partial charge in [0.05, 0.1) is 5.69 Å². The standard InChI is InChI=1S/C14H14BrClN2OS/c1-2-11-13(9-3-5-10(15)6-4-9)18-14(20-11)17-12(19)7-8-16/h3-6H,2,7-8H2,1H3,(H,17,18,19). The summed E-state index contributed by atoms with van der Waals surface area (Å²) >= 11 is 10.5. The van der Waals surface area contributed by atoms with Crippen LogP contribution in [0.5, 0.6) is 0 Å². The summed E-state index contributed by atoms with van der Waals surface area (Å²) in [5.41, 5.74) is 1.99. The van der Waals surface area contributed by atoms with Crippen molar-refractivity contribution in [2.75, 3.05) is 11.2 Å². The third kappa shape index (κ3) is 3.81. The molecule has 0 radical (unpaired) electrons. The number of carbonyl (C=O) groups is 1. The van der Waals surface area contributed by atoms with Gasteiger partial charge in [-0.15, -0.1) is 22.9 Å². The van der Waals surface area contributed by atoms with Crippen LogP contribution in [0.2, 0.25) is 0 Å². The smallest absolute Gasteiger partial charge is 0.227 e. The van der Waals surface area contributed by atoms with Crippen molar-refractivity contribution in [1.29, 1.82) is 0 Å². The minimum atomic E-state index is -0.0984. The van der Waals surface area contributed by atoms with Crippen LogP contribution in [0.1, 0.15) is 18.2 Å². The van der Waals surface area contributed by atoms with Gasteiger partial charge in [0.2, 0.25) is 5.91 Å². The van der Waals surface area contributed by atoms with Gasteiger partial charge in [-0.2, -0.15) is 0 Å². The van der Waals surface area contributed by atoms with E-state index >= 15 is 0 Å². The van der Waals surface area contributed by atoms with Gasteiger partial charge in [0.1, 0.15) is 0 Å². The highest BCUT2D eigenvalue weighted by Gasteiger charge is 2.13. The number of rotatable bonds is 5. The highest BCUT2D eigenvalue weighted by Crippen LogP contribution is 2.32. The van der Waals surface area contributed by atoms with Gasteiger partial charge in [0.25, 0.3) is 0 Å². The number of hydrogen-bond donors (Lipinski definition) is 1. The van der Waals surface area contributed by atoms with Crippen molar-refractivity contribution in [3.8, 4) is 11.3 Å². The third-order valence-corrected chi connectivity index (χ3v) is 4.54. The number of alkyl halides is 1. The van der Waals surface area contributed by atoms with Crippen LogP contribution in [0.4, 0.5) is 5.13 Å². The fourth-order valence-electron chi connectivity index (χ4n) is 1.75. The molecular weight excluding hydrogens is 360 g/mol. The van der Waals surface area contributed by atoms with Crippen molar-refractivity contribution in [3.05, 3.63) is 33.6 Å². The highest BCUT2D eigenvalue weighted by molar-refractivity contribution is 9.10. The summed E-state index contributed by atoms with van der Waals surface area (Å²) in [6.45, 7) is 2.08. The Bertz CT molecular complexity index is 598. The first-order valence-corrected chi connectivity index (χ1v) is 8.40. The molecule has 1 aromatic heterocycles. The van der Waals surface area contributed by atoms with E-state index in [-0.39, 0.29) is 5.91 Å². The fraction of sp³-hybridized carbons (Fsp3) is 0.286. The number of thiazole rings is 1. The molecule has 0 aliphatic rings. The lowest BCUT2D eigenvalue weighted by molar-refractivity contribution is -0.115. The Kier molecular flexibility index (Phi) is 5.57. The maximum atomic E-state index is 11.6. The Hall–Kier alpha value is -0.910. The van der Waals surface area contributed by atoms with E-state index in [1.807, 2.05) is 24.3 Å². The Morgan fingerprint density at radius 1 is 1.40 bits per heavy atom. The molecule has 1 N–H and O–H groups in total. The molecule has 0 saturated heterocycles. The molecule has 0 atom stereocenters. The molecule has 2 rings (SSSR count). The number of aromatic nitrogens is 1. The minimum absolute atomic E-state index is 0.0984. The number of halogens is 2. The molecule has 106 valence electrons. The number of benzene rings is 1. The lowest BCUT2D eigenvalue weighted by atomic mass is 10.1. The fourth-order valence-corrected chi connectivity index (χ4v) is 3.12. The Balaban J connectivity index is 2.27. The van der Waals surface area contributed by atoms with Gasteiger partial charge in [-0.3, -0.25) is 4.79 Å². The van der Waals surface area contributed by atoms with Gasteiger partial charge in [0.15, 0.2) is 5.13 Å². The lowest BCUT2D eigenvalue weighted by Gasteiger charge is -2.00. The molecule has 20 heavy (non-hydrogen) atoms. The monoisotopic (exact) mass is 372 g/mol. The van der Waals surface area contributed by atoms with Crippen molar-refractivity contribution in [1.82, 2.24) is 4.98 Å². The maximum absolute atomic E-state index is 11.6. The van der Waals surface area contributed by atoms with Crippen molar-refractivity contribution in [3.63, 3.8) is 0 Å². The third-order valence-electron chi connectivity index (χ3n) is 2.70. The van der Waals surface area contributed by atoms with Gasteiger partial charge in [-0.1, -0.05) is 35.0 Å². The molecule has 2 aromatic rings. The minimum Gasteiger partial charge on any atom is -0.302 e. The number of nitrogens with one attached hydrogen (secondary N) is 1. The molecule has 1 aromatic carbocycles. The summed E-state index contributed by atoms with van der Waals surface area (Å²) < 4.78 is 1.03. The number of aryl methyl sites for hydroxylation is 1. The van der Waals surface area contributed by atoms with Gasteiger partial charge in [-0.25, -0.2) is 4.98 Å². The van der Waals surface area contributed by atoms with Crippen LogP contribution in [0.25, 0.3) is 11.3 Å². The van der Waals surface area contributed by atoms with Crippen molar-refractivity contribution < 1.29 is 4.79 Å². The molecule has 0 fully saturated rings. The molecule has 0 spiro atoms. The van der Waals surface area contributed by atoms with Gasteiger partial charge >= 0.3 is 0 Å². The maximum Gasteiger partial charge on any atom is 0.227 e. The quantitative estimate of drug-likeness (QED) is 0.772. The second-order valence-corrected chi connectivity index (χ2v) is 6.52. The Labute approximate surface area is 135 Å². The van der Waals surface area contributed by atoms with E-state index in [0.717, 1.165) is 27.0 Å². The van der Waals surface area contributed by atoms with E-state index in [4.69, 9.17) is 11.6 Å². The topological polar surface area (TPSA) is 42.0 Å². The molecule has 0 saturated carbocycles. The van der Waals surface area contributed by atoms with Crippen LogP contribution in [0, 0.1) is 0 Å². The Morgan fingerprint density at radius 2 is 2.10 bits per heavy atom. The van der Waals surface area contributed by atoms with E-state index in [1.54, 1.807) is 0 Å². The Morgan fingerprint density at radius 3 is 2.70 bits per heavy atom. The number of carbonyl (C=O) groups excluding carboxylic acids is 1. The molecule has 0 aliphatic heterocycles. The summed E-state index contributed by atoms with van der Waals surface area (Å²) in [5.74, 6) is 0.219. The zero-order valence-electron chi connectivity index (χ0n) is 11.0. The van der Waals surface area contributed by atoms with Crippen LogP contribution < -0.4 is 5.32 Å². The lowest BCUT2D eigenvalue weighted by Crippen LogP contribution is -2.11. The van der Waals surface area contributed by atoms with Crippen molar-refractivity contribution in [2.45, 2.75) is 19.8 Å². The first-order chi connectivity index (χ1) is 9.63. The van der Waals surface area contributed by atoms with Gasteiger partial charge in [-0.05, 0) is 18.6 Å². The SMILES string of the molecule is CCc1sc(NC(=O)CCCl)nc1-c1ccc(Br)cc1. The molecule has 3 nitrogen and oxygen atoms in total. The van der Waals surface area contributed by atoms with E-state index in [0.29, 0.717) is 17.4 Å². The largest absolute Gasteiger partial charge is 0.302 e. The summed E-state index contributed by atoms with van der Waals surface area (Å²) in [5, 5.41) is 3.43. The van der Waals surface area contributed by atoms with Crippen molar-refractivity contribution >= 4 is 49.9 Å². The van der Waals surface area contributed by atoms with Gasteiger partial charge in [0, 0.05) is 27.2 Å². The van der Waals surface area contributed by atoms with E-state index < -0.39 is 0 Å². The van der Waals surface area contributed by atoms with E-state index in [2.05, 4.69) is 33.2 Å². The molecule has 1 heterocycles. The van der Waals surface area contributed by atoms with Crippen LogP contribution in [-0.4, -0.2) is 16.8 Å². The number of amides is 1. The second-order valence-electron chi connectivity index (χ2n) is 4.14. The number of hydrogen-bond acceptors (Lipinski definition) is 3. The summed E-state index contributed by atoms with van der Waals surface area (Å²) in [6, 6.07) is 8.01. The summed E-state index contributed by atoms with van der Waals surface area (Å²) in [4.78, 5) is 17.3.